The molecular weight excluding hydrogens is 360 g/mol. The summed E-state index contributed by atoms with van der Waals surface area (Å²) in [6.07, 6.45) is 1.03. The van der Waals surface area contributed by atoms with E-state index in [0.29, 0.717) is 13.1 Å². The SMILES string of the molecule is CN(Cc1ccccc1)C(=O)CN1CCc2sccc2C1c1cccs1. The van der Waals surface area contributed by atoms with Gasteiger partial charge in [0, 0.05) is 29.9 Å². The number of nitrogens with zero attached hydrogens (tertiary/aromatic N) is 2. The summed E-state index contributed by atoms with van der Waals surface area (Å²) in [5.74, 6) is 0.175. The monoisotopic (exact) mass is 382 g/mol. The van der Waals surface area contributed by atoms with Gasteiger partial charge in [-0.25, -0.2) is 0 Å². The molecule has 0 aliphatic carbocycles. The Morgan fingerprint density at radius 3 is 2.73 bits per heavy atom. The highest BCUT2D eigenvalue weighted by molar-refractivity contribution is 7.10. The van der Waals surface area contributed by atoms with Crippen molar-refractivity contribution in [3.63, 3.8) is 0 Å². The number of carbonyl (C=O) groups is 1. The zero-order valence-electron chi connectivity index (χ0n) is 14.8. The average Bonchev–Trinajstić information content (AvgIpc) is 3.34. The zero-order valence-corrected chi connectivity index (χ0v) is 16.4. The minimum absolute atomic E-state index is 0.175. The summed E-state index contributed by atoms with van der Waals surface area (Å²) in [5, 5.41) is 4.30. The largest absolute Gasteiger partial charge is 0.340 e. The number of likely N-dealkylation sites (N-methyl/N-ethyl adjacent to an activating group) is 1. The molecule has 5 heteroatoms. The third-order valence-electron chi connectivity index (χ3n) is 4.91. The molecule has 1 amide bonds. The van der Waals surface area contributed by atoms with Crippen LogP contribution in [0.15, 0.2) is 59.3 Å². The fourth-order valence-electron chi connectivity index (χ4n) is 3.56. The van der Waals surface area contributed by atoms with Crippen molar-refractivity contribution >= 4 is 28.6 Å². The third kappa shape index (κ3) is 3.61. The normalized spacial score (nSPS) is 17.0. The van der Waals surface area contributed by atoms with E-state index in [1.165, 1.54) is 15.3 Å². The van der Waals surface area contributed by atoms with Crippen molar-refractivity contribution in [1.82, 2.24) is 9.80 Å². The summed E-state index contributed by atoms with van der Waals surface area (Å²) >= 11 is 3.61. The summed E-state index contributed by atoms with van der Waals surface area (Å²) in [6.45, 7) is 2.04. The van der Waals surface area contributed by atoms with Crippen LogP contribution in [0.5, 0.6) is 0 Å². The van der Waals surface area contributed by atoms with Crippen LogP contribution in [-0.2, 0) is 17.8 Å². The second-order valence-corrected chi connectivity index (χ2v) is 8.65. The maximum Gasteiger partial charge on any atom is 0.236 e. The number of thiophene rings is 2. The molecule has 0 fully saturated rings. The Hall–Kier alpha value is -1.95. The highest BCUT2D eigenvalue weighted by Gasteiger charge is 2.31. The van der Waals surface area contributed by atoms with Crippen molar-refractivity contribution < 1.29 is 4.79 Å². The first-order valence-electron chi connectivity index (χ1n) is 8.84. The Bertz CT molecular complexity index is 857. The zero-order chi connectivity index (χ0) is 17.9. The Balaban J connectivity index is 1.50. The Morgan fingerprint density at radius 1 is 1.12 bits per heavy atom. The van der Waals surface area contributed by atoms with E-state index in [2.05, 4.69) is 46.0 Å². The van der Waals surface area contributed by atoms with Crippen molar-refractivity contribution in [2.45, 2.75) is 19.0 Å². The Labute approximate surface area is 162 Å². The third-order valence-corrected chi connectivity index (χ3v) is 6.83. The lowest BCUT2D eigenvalue weighted by molar-refractivity contribution is -0.132. The van der Waals surface area contributed by atoms with Crippen molar-refractivity contribution in [3.05, 3.63) is 80.2 Å². The van der Waals surface area contributed by atoms with E-state index in [0.717, 1.165) is 18.5 Å². The molecule has 0 spiro atoms. The average molecular weight is 383 g/mol. The van der Waals surface area contributed by atoms with Gasteiger partial charge >= 0.3 is 0 Å². The number of hydrogen-bond acceptors (Lipinski definition) is 4. The van der Waals surface area contributed by atoms with Crippen LogP contribution < -0.4 is 0 Å². The molecule has 1 aliphatic heterocycles. The van der Waals surface area contributed by atoms with E-state index in [4.69, 9.17) is 0 Å². The fraction of sp³-hybridized carbons (Fsp3) is 0.286. The maximum atomic E-state index is 12.9. The van der Waals surface area contributed by atoms with Gasteiger partial charge in [0.1, 0.15) is 0 Å². The highest BCUT2D eigenvalue weighted by atomic mass is 32.1. The van der Waals surface area contributed by atoms with E-state index in [9.17, 15) is 4.79 Å². The van der Waals surface area contributed by atoms with Gasteiger partial charge < -0.3 is 4.90 Å². The number of amides is 1. The molecule has 1 unspecified atom stereocenters. The van der Waals surface area contributed by atoms with E-state index in [1.807, 2.05) is 41.5 Å². The van der Waals surface area contributed by atoms with Crippen LogP contribution in [0.3, 0.4) is 0 Å². The van der Waals surface area contributed by atoms with Gasteiger partial charge in [-0.05, 0) is 40.4 Å². The van der Waals surface area contributed by atoms with Crippen molar-refractivity contribution in [2.24, 2.45) is 0 Å². The molecule has 0 saturated carbocycles. The van der Waals surface area contributed by atoms with Crippen LogP contribution in [0.2, 0.25) is 0 Å². The first-order valence-corrected chi connectivity index (χ1v) is 10.6. The second-order valence-electron chi connectivity index (χ2n) is 6.67. The van der Waals surface area contributed by atoms with Crippen molar-refractivity contribution in [3.8, 4) is 0 Å². The van der Waals surface area contributed by atoms with Crippen LogP contribution in [0.4, 0.5) is 0 Å². The Kier molecular flexibility index (Phi) is 5.20. The molecule has 26 heavy (non-hydrogen) atoms. The molecule has 134 valence electrons. The van der Waals surface area contributed by atoms with Crippen LogP contribution in [-0.4, -0.2) is 35.8 Å². The van der Waals surface area contributed by atoms with E-state index in [-0.39, 0.29) is 11.9 Å². The van der Waals surface area contributed by atoms with Crippen LogP contribution in [0, 0.1) is 0 Å². The van der Waals surface area contributed by atoms with Gasteiger partial charge in [0.2, 0.25) is 5.91 Å². The van der Waals surface area contributed by atoms with Gasteiger partial charge in [0.25, 0.3) is 0 Å². The number of benzene rings is 1. The molecule has 1 atom stereocenters. The predicted octanol–water partition coefficient (Wildman–Crippen LogP) is 4.42. The standard InChI is InChI=1S/C21H22N2OS2/c1-22(14-16-6-3-2-4-7-16)20(24)15-23-11-9-18-17(10-13-26-18)21(23)19-8-5-12-25-19/h2-8,10,12-13,21H,9,11,14-15H2,1H3. The van der Waals surface area contributed by atoms with Gasteiger partial charge in [-0.15, -0.1) is 22.7 Å². The molecular formula is C21H22N2OS2. The van der Waals surface area contributed by atoms with Gasteiger partial charge in [0.05, 0.1) is 12.6 Å². The highest BCUT2D eigenvalue weighted by Crippen LogP contribution is 2.39. The summed E-state index contributed by atoms with van der Waals surface area (Å²) in [7, 11) is 1.90. The van der Waals surface area contributed by atoms with Crippen molar-refractivity contribution in [1.29, 1.82) is 0 Å². The predicted molar refractivity (Wildman–Crippen MR) is 109 cm³/mol. The molecule has 3 nitrogen and oxygen atoms in total. The van der Waals surface area contributed by atoms with Gasteiger partial charge in [-0.3, -0.25) is 9.69 Å². The molecule has 3 heterocycles. The quantitative estimate of drug-likeness (QED) is 0.652. The van der Waals surface area contributed by atoms with Gasteiger partial charge in [-0.1, -0.05) is 36.4 Å². The lowest BCUT2D eigenvalue weighted by Gasteiger charge is -2.35. The topological polar surface area (TPSA) is 23.6 Å². The molecule has 1 aliphatic rings. The summed E-state index contributed by atoms with van der Waals surface area (Å²) in [5.41, 5.74) is 2.54. The summed E-state index contributed by atoms with van der Waals surface area (Å²) < 4.78 is 0. The van der Waals surface area contributed by atoms with E-state index >= 15 is 0 Å². The first-order chi connectivity index (χ1) is 12.7. The fourth-order valence-corrected chi connectivity index (χ4v) is 5.34. The number of hydrogen-bond donors (Lipinski definition) is 0. The van der Waals surface area contributed by atoms with Crippen LogP contribution in [0.1, 0.15) is 26.9 Å². The molecule has 4 rings (SSSR count). The van der Waals surface area contributed by atoms with E-state index in [1.54, 1.807) is 11.3 Å². The van der Waals surface area contributed by atoms with Crippen molar-refractivity contribution in [2.75, 3.05) is 20.1 Å². The molecule has 0 bridgehead atoms. The summed E-state index contributed by atoms with van der Waals surface area (Å²) in [6, 6.07) is 16.9. The molecule has 0 N–H and O–H groups in total. The second kappa shape index (κ2) is 7.74. The maximum absolute atomic E-state index is 12.9. The number of carbonyl (C=O) groups excluding carboxylic acids is 1. The molecule has 2 aromatic heterocycles. The smallest absolute Gasteiger partial charge is 0.236 e. The van der Waals surface area contributed by atoms with Crippen LogP contribution >= 0.6 is 22.7 Å². The minimum atomic E-state index is 0.175. The first kappa shape index (κ1) is 17.5. The molecule has 1 aromatic carbocycles. The number of fused-ring (bicyclic) bond motifs is 1. The summed E-state index contributed by atoms with van der Waals surface area (Å²) in [4.78, 5) is 19.8. The van der Waals surface area contributed by atoms with Gasteiger partial charge in [-0.2, -0.15) is 0 Å². The van der Waals surface area contributed by atoms with E-state index < -0.39 is 0 Å². The molecule has 0 saturated heterocycles. The minimum Gasteiger partial charge on any atom is -0.340 e. The Morgan fingerprint density at radius 2 is 1.96 bits per heavy atom. The lowest BCUT2D eigenvalue weighted by atomic mass is 9.98. The molecule has 3 aromatic rings. The lowest BCUT2D eigenvalue weighted by Crippen LogP contribution is -2.42. The van der Waals surface area contributed by atoms with Gasteiger partial charge in [0.15, 0.2) is 0 Å². The molecule has 0 radical (unpaired) electrons. The number of rotatable bonds is 5. The van der Waals surface area contributed by atoms with Crippen LogP contribution in [0.25, 0.3) is 0 Å².